The Morgan fingerprint density at radius 2 is 2.13 bits per heavy atom. The van der Waals surface area contributed by atoms with Crippen molar-refractivity contribution >= 4 is 5.82 Å². The Balaban J connectivity index is 2.38. The summed E-state index contributed by atoms with van der Waals surface area (Å²) >= 11 is 0. The minimum Gasteiger partial charge on any atom is -0.384 e. The number of imidazole rings is 1. The molecule has 1 heterocycles. The first-order chi connectivity index (χ1) is 7.15. The van der Waals surface area contributed by atoms with Crippen LogP contribution in [0.3, 0.4) is 0 Å². The fraction of sp³-hybridized carbons (Fsp3) is 0.750. The lowest BCUT2D eigenvalue weighted by Gasteiger charge is -2.10. The van der Waals surface area contributed by atoms with Gasteiger partial charge in [0.15, 0.2) is 0 Å². The van der Waals surface area contributed by atoms with E-state index in [1.807, 2.05) is 0 Å². The Kier molecular flexibility index (Phi) is 2.72. The van der Waals surface area contributed by atoms with Crippen molar-refractivity contribution in [2.24, 2.45) is 0 Å². The van der Waals surface area contributed by atoms with Crippen molar-refractivity contribution in [1.82, 2.24) is 9.55 Å². The first kappa shape index (κ1) is 10.5. The van der Waals surface area contributed by atoms with Crippen molar-refractivity contribution in [2.75, 3.05) is 5.73 Å². The molecule has 1 aromatic rings. The molecule has 1 aromatic heterocycles. The van der Waals surface area contributed by atoms with E-state index in [9.17, 15) is 0 Å². The highest BCUT2D eigenvalue weighted by Crippen LogP contribution is 2.42. The van der Waals surface area contributed by atoms with Crippen LogP contribution in [-0.2, 0) is 6.54 Å². The summed E-state index contributed by atoms with van der Waals surface area (Å²) in [6.45, 7) is 7.55. The van der Waals surface area contributed by atoms with E-state index in [4.69, 9.17) is 10.7 Å². The molecule has 0 unspecified atom stereocenters. The van der Waals surface area contributed by atoms with Crippen LogP contribution in [0.25, 0.3) is 0 Å². The molecule has 1 saturated carbocycles. The molecule has 0 spiro atoms. The number of nitrogens with two attached hydrogens (primary N) is 1. The maximum absolute atomic E-state index is 6.17. The third kappa shape index (κ3) is 1.87. The molecular formula is C12H21N3. The number of rotatable bonds is 4. The van der Waals surface area contributed by atoms with Crippen LogP contribution >= 0.6 is 0 Å². The van der Waals surface area contributed by atoms with Crippen LogP contribution in [-0.4, -0.2) is 9.55 Å². The predicted molar refractivity (Wildman–Crippen MR) is 63.0 cm³/mol. The van der Waals surface area contributed by atoms with Gasteiger partial charge in [-0.25, -0.2) is 4.98 Å². The van der Waals surface area contributed by atoms with Crippen molar-refractivity contribution in [3.05, 3.63) is 11.5 Å². The maximum atomic E-state index is 6.17. The summed E-state index contributed by atoms with van der Waals surface area (Å²) in [6, 6.07) is 0. The van der Waals surface area contributed by atoms with Crippen LogP contribution in [0.15, 0.2) is 0 Å². The van der Waals surface area contributed by atoms with Crippen molar-refractivity contribution in [1.29, 1.82) is 0 Å². The maximum Gasteiger partial charge on any atom is 0.127 e. The van der Waals surface area contributed by atoms with Gasteiger partial charge in [-0.2, -0.15) is 0 Å². The van der Waals surface area contributed by atoms with Gasteiger partial charge < -0.3 is 10.3 Å². The summed E-state index contributed by atoms with van der Waals surface area (Å²) in [5, 5.41) is 0. The van der Waals surface area contributed by atoms with Gasteiger partial charge in [0, 0.05) is 18.4 Å². The predicted octanol–water partition coefficient (Wildman–Crippen LogP) is 2.88. The molecule has 2 N–H and O–H groups in total. The van der Waals surface area contributed by atoms with E-state index in [1.54, 1.807) is 0 Å². The van der Waals surface area contributed by atoms with Crippen LogP contribution in [0.5, 0.6) is 0 Å². The average Bonchev–Trinajstić information content (AvgIpc) is 2.95. The molecule has 1 fully saturated rings. The molecular weight excluding hydrogens is 186 g/mol. The number of aromatic nitrogens is 2. The average molecular weight is 207 g/mol. The monoisotopic (exact) mass is 207 g/mol. The molecule has 0 atom stereocenters. The van der Waals surface area contributed by atoms with E-state index in [-0.39, 0.29) is 0 Å². The molecule has 2 rings (SSSR count). The summed E-state index contributed by atoms with van der Waals surface area (Å²) in [5.41, 5.74) is 7.33. The van der Waals surface area contributed by atoms with Gasteiger partial charge in [-0.3, -0.25) is 0 Å². The zero-order valence-electron chi connectivity index (χ0n) is 9.95. The molecule has 0 bridgehead atoms. The molecule has 0 aromatic carbocycles. The van der Waals surface area contributed by atoms with E-state index in [2.05, 4.69) is 25.3 Å². The topological polar surface area (TPSA) is 43.8 Å². The zero-order chi connectivity index (χ0) is 11.0. The Hall–Kier alpha value is -0.990. The van der Waals surface area contributed by atoms with Gasteiger partial charge in [-0.15, -0.1) is 0 Å². The van der Waals surface area contributed by atoms with Gasteiger partial charge in [-0.1, -0.05) is 20.8 Å². The molecule has 3 nitrogen and oxygen atoms in total. The highest BCUT2D eigenvalue weighted by molar-refractivity contribution is 5.43. The Bertz CT molecular complexity index is 348. The lowest BCUT2D eigenvalue weighted by Crippen LogP contribution is -2.08. The Morgan fingerprint density at radius 1 is 1.47 bits per heavy atom. The summed E-state index contributed by atoms with van der Waals surface area (Å²) < 4.78 is 2.21. The van der Waals surface area contributed by atoms with E-state index in [0.717, 1.165) is 30.3 Å². The summed E-state index contributed by atoms with van der Waals surface area (Å²) in [5.74, 6) is 3.20. The van der Waals surface area contributed by atoms with Crippen molar-refractivity contribution in [2.45, 2.75) is 58.4 Å². The van der Waals surface area contributed by atoms with Gasteiger partial charge >= 0.3 is 0 Å². The third-order valence-corrected chi connectivity index (χ3v) is 2.99. The third-order valence-electron chi connectivity index (χ3n) is 2.99. The van der Waals surface area contributed by atoms with E-state index >= 15 is 0 Å². The highest BCUT2D eigenvalue weighted by Gasteiger charge is 2.30. The fourth-order valence-corrected chi connectivity index (χ4v) is 2.06. The first-order valence-electron chi connectivity index (χ1n) is 6.00. The smallest absolute Gasteiger partial charge is 0.127 e. The number of anilines is 1. The first-order valence-corrected chi connectivity index (χ1v) is 6.00. The Labute approximate surface area is 91.7 Å². The van der Waals surface area contributed by atoms with E-state index in [1.165, 1.54) is 12.8 Å². The normalized spacial score (nSPS) is 16.3. The van der Waals surface area contributed by atoms with Crippen LogP contribution in [0.2, 0.25) is 0 Å². The molecule has 0 amide bonds. The minimum absolute atomic E-state index is 0.464. The molecule has 1 aliphatic rings. The van der Waals surface area contributed by atoms with Gasteiger partial charge in [-0.05, 0) is 19.3 Å². The molecule has 0 saturated heterocycles. The van der Waals surface area contributed by atoms with Gasteiger partial charge in [0.1, 0.15) is 11.6 Å². The number of hydrogen-bond donors (Lipinski definition) is 1. The van der Waals surface area contributed by atoms with Crippen LogP contribution in [0.1, 0.15) is 63.4 Å². The number of nitrogen functional groups attached to an aromatic ring is 1. The second-order valence-electron chi connectivity index (χ2n) is 4.82. The van der Waals surface area contributed by atoms with Gasteiger partial charge in [0.25, 0.3) is 0 Å². The van der Waals surface area contributed by atoms with Crippen molar-refractivity contribution in [3.63, 3.8) is 0 Å². The number of nitrogens with zero attached hydrogens (tertiary/aromatic N) is 2. The number of hydrogen-bond acceptors (Lipinski definition) is 2. The van der Waals surface area contributed by atoms with E-state index < -0.39 is 0 Å². The van der Waals surface area contributed by atoms with Crippen LogP contribution < -0.4 is 5.73 Å². The second-order valence-corrected chi connectivity index (χ2v) is 4.82. The van der Waals surface area contributed by atoms with Crippen LogP contribution in [0.4, 0.5) is 5.82 Å². The lowest BCUT2D eigenvalue weighted by atomic mass is 10.2. The van der Waals surface area contributed by atoms with Gasteiger partial charge in [0.05, 0.1) is 5.69 Å². The molecule has 0 radical (unpaired) electrons. The Morgan fingerprint density at radius 3 is 2.60 bits per heavy atom. The zero-order valence-corrected chi connectivity index (χ0v) is 9.95. The standard InChI is InChI=1S/C12H21N3/c1-4-7-15-11(13)10(9-5-6-9)14-12(15)8(2)3/h8-9H,4-7,13H2,1-3H3. The summed E-state index contributed by atoms with van der Waals surface area (Å²) in [4.78, 5) is 4.73. The van der Waals surface area contributed by atoms with Crippen molar-refractivity contribution < 1.29 is 0 Å². The lowest BCUT2D eigenvalue weighted by molar-refractivity contribution is 0.616. The molecule has 15 heavy (non-hydrogen) atoms. The summed E-state index contributed by atoms with van der Waals surface area (Å²) in [6.07, 6.45) is 3.65. The second kappa shape index (κ2) is 3.87. The SMILES string of the molecule is CCCn1c(C(C)C)nc(C2CC2)c1N. The fourth-order valence-electron chi connectivity index (χ4n) is 2.06. The van der Waals surface area contributed by atoms with Crippen LogP contribution in [0, 0.1) is 0 Å². The van der Waals surface area contributed by atoms with Gasteiger partial charge in [0.2, 0.25) is 0 Å². The minimum atomic E-state index is 0.464. The van der Waals surface area contributed by atoms with Crippen molar-refractivity contribution in [3.8, 4) is 0 Å². The largest absolute Gasteiger partial charge is 0.384 e. The van der Waals surface area contributed by atoms with E-state index in [0.29, 0.717) is 11.8 Å². The molecule has 0 aliphatic heterocycles. The molecule has 3 heteroatoms. The molecule has 84 valence electrons. The molecule has 1 aliphatic carbocycles. The quantitative estimate of drug-likeness (QED) is 0.825. The summed E-state index contributed by atoms with van der Waals surface area (Å²) in [7, 11) is 0. The highest BCUT2D eigenvalue weighted by atomic mass is 15.1.